The molecule has 0 atom stereocenters. The smallest absolute Gasteiger partial charge is 0.00246 e. The molecule has 0 amide bonds. The maximum absolute atomic E-state index is 2.38. The molecule has 0 heterocycles. The van der Waals surface area contributed by atoms with Gasteiger partial charge in [-0.15, -0.1) is 0 Å². The summed E-state index contributed by atoms with van der Waals surface area (Å²) in [5.41, 5.74) is 0.863. The van der Waals surface area contributed by atoms with E-state index in [4.69, 9.17) is 0 Å². The molecule has 0 aliphatic heterocycles. The molecule has 0 saturated heterocycles. The molecule has 1 heteroatoms. The molecule has 0 spiro atoms. The summed E-state index contributed by atoms with van der Waals surface area (Å²) in [4.78, 5) is 2.26. The van der Waals surface area contributed by atoms with Crippen LogP contribution in [0.2, 0.25) is 0 Å². The van der Waals surface area contributed by atoms with Crippen LogP contribution in [0.1, 0.15) is 47.5 Å². The van der Waals surface area contributed by atoms with Crippen LogP contribution in [0.25, 0.3) is 0 Å². The second-order valence-electron chi connectivity index (χ2n) is 6.04. The first kappa shape index (κ1) is 13.0. The van der Waals surface area contributed by atoms with Crippen LogP contribution >= 0.6 is 0 Å². The van der Waals surface area contributed by atoms with Gasteiger partial charge in [-0.25, -0.2) is 0 Å². The maximum atomic E-state index is 2.38. The maximum Gasteiger partial charge on any atom is -0.00246 e. The predicted molar refractivity (Wildman–Crippen MR) is 61.0 cm³/mol. The van der Waals surface area contributed by atoms with Gasteiger partial charge >= 0.3 is 0 Å². The van der Waals surface area contributed by atoms with Gasteiger partial charge in [0.25, 0.3) is 0 Å². The first-order chi connectivity index (χ1) is 5.67. The molecule has 0 aromatic heterocycles. The van der Waals surface area contributed by atoms with Gasteiger partial charge in [0.2, 0.25) is 0 Å². The molecule has 0 fully saturated rings. The zero-order valence-corrected chi connectivity index (χ0v) is 10.6. The zero-order valence-electron chi connectivity index (χ0n) is 10.6. The van der Waals surface area contributed by atoms with Crippen LogP contribution in [0.3, 0.4) is 0 Å². The molecule has 0 aromatic rings. The second-order valence-corrected chi connectivity index (χ2v) is 6.04. The number of nitrogens with zero attached hydrogens (tertiary/aromatic N) is 1. The molecule has 0 radical (unpaired) electrons. The molecule has 0 saturated carbocycles. The second kappa shape index (κ2) is 4.45. The molecule has 0 aliphatic rings. The van der Waals surface area contributed by atoms with Gasteiger partial charge in [0.05, 0.1) is 0 Å². The lowest BCUT2D eigenvalue weighted by atomic mass is 9.67. The third kappa shape index (κ3) is 4.66. The summed E-state index contributed by atoms with van der Waals surface area (Å²) in [5, 5.41) is 0. The SMILES string of the molecule is CN(C)CCCC(C)(C)C(C)(C)C. The summed E-state index contributed by atoms with van der Waals surface area (Å²) < 4.78 is 0. The minimum atomic E-state index is 0.416. The summed E-state index contributed by atoms with van der Waals surface area (Å²) >= 11 is 0. The van der Waals surface area contributed by atoms with Crippen molar-refractivity contribution in [2.75, 3.05) is 20.6 Å². The standard InChI is InChI=1S/C12H27N/c1-11(2,3)12(4,5)9-8-10-13(6)7/h8-10H2,1-7H3. The molecular weight excluding hydrogens is 158 g/mol. The van der Waals surface area contributed by atoms with Crippen LogP contribution < -0.4 is 0 Å². The monoisotopic (exact) mass is 185 g/mol. The Morgan fingerprint density at radius 1 is 0.923 bits per heavy atom. The molecule has 0 N–H and O–H groups in total. The van der Waals surface area contributed by atoms with Gasteiger partial charge in [-0.1, -0.05) is 34.6 Å². The van der Waals surface area contributed by atoms with Crippen molar-refractivity contribution in [1.82, 2.24) is 4.90 Å². The Morgan fingerprint density at radius 3 is 1.69 bits per heavy atom. The zero-order chi connectivity index (χ0) is 10.7. The van der Waals surface area contributed by atoms with Crippen LogP contribution in [-0.2, 0) is 0 Å². The lowest BCUT2D eigenvalue weighted by Gasteiger charge is -2.39. The normalized spacial score (nSPS) is 13.8. The fraction of sp³-hybridized carbons (Fsp3) is 1.00. The van der Waals surface area contributed by atoms with E-state index in [0.29, 0.717) is 10.8 Å². The number of rotatable bonds is 4. The van der Waals surface area contributed by atoms with Crippen LogP contribution in [0, 0.1) is 10.8 Å². The summed E-state index contributed by atoms with van der Waals surface area (Å²) in [6, 6.07) is 0. The van der Waals surface area contributed by atoms with Crippen LogP contribution in [0.4, 0.5) is 0 Å². The van der Waals surface area contributed by atoms with Crippen molar-refractivity contribution in [3.8, 4) is 0 Å². The Balaban J connectivity index is 3.90. The van der Waals surface area contributed by atoms with Crippen molar-refractivity contribution in [2.24, 2.45) is 10.8 Å². The van der Waals surface area contributed by atoms with Crippen molar-refractivity contribution in [3.63, 3.8) is 0 Å². The third-order valence-electron chi connectivity index (χ3n) is 3.44. The fourth-order valence-electron chi connectivity index (χ4n) is 1.21. The first-order valence-corrected chi connectivity index (χ1v) is 5.31. The summed E-state index contributed by atoms with van der Waals surface area (Å²) in [6.45, 7) is 13.0. The molecule has 0 bridgehead atoms. The van der Waals surface area contributed by atoms with E-state index in [0.717, 1.165) is 0 Å². The van der Waals surface area contributed by atoms with E-state index in [1.165, 1.54) is 19.4 Å². The van der Waals surface area contributed by atoms with Crippen LogP contribution in [0.15, 0.2) is 0 Å². The van der Waals surface area contributed by atoms with E-state index < -0.39 is 0 Å². The molecule has 0 rings (SSSR count). The highest BCUT2D eigenvalue weighted by molar-refractivity contribution is 4.82. The Morgan fingerprint density at radius 2 is 1.38 bits per heavy atom. The van der Waals surface area contributed by atoms with Gasteiger partial charge in [-0.3, -0.25) is 0 Å². The number of hydrogen-bond acceptors (Lipinski definition) is 1. The fourth-order valence-corrected chi connectivity index (χ4v) is 1.21. The Hall–Kier alpha value is -0.0400. The average Bonchev–Trinajstić information content (AvgIpc) is 1.82. The van der Waals surface area contributed by atoms with Crippen LogP contribution in [0.5, 0.6) is 0 Å². The molecule has 13 heavy (non-hydrogen) atoms. The summed E-state index contributed by atoms with van der Waals surface area (Å²) in [7, 11) is 4.29. The van der Waals surface area contributed by atoms with E-state index in [9.17, 15) is 0 Å². The van der Waals surface area contributed by atoms with Gasteiger partial charge < -0.3 is 4.90 Å². The van der Waals surface area contributed by atoms with E-state index in [1.807, 2.05) is 0 Å². The van der Waals surface area contributed by atoms with Crippen molar-refractivity contribution in [3.05, 3.63) is 0 Å². The lowest BCUT2D eigenvalue weighted by molar-refractivity contribution is 0.113. The van der Waals surface area contributed by atoms with Gasteiger partial charge in [-0.05, 0) is 44.3 Å². The molecule has 1 nitrogen and oxygen atoms in total. The highest BCUT2D eigenvalue weighted by atomic mass is 15.0. The van der Waals surface area contributed by atoms with Gasteiger partial charge in [0.1, 0.15) is 0 Å². The Labute approximate surface area is 84.5 Å². The van der Waals surface area contributed by atoms with Crippen molar-refractivity contribution >= 4 is 0 Å². The van der Waals surface area contributed by atoms with E-state index in [2.05, 4.69) is 53.6 Å². The van der Waals surface area contributed by atoms with E-state index in [-0.39, 0.29) is 0 Å². The number of hydrogen-bond donors (Lipinski definition) is 0. The van der Waals surface area contributed by atoms with E-state index >= 15 is 0 Å². The molecular formula is C12H27N. The molecule has 0 aliphatic carbocycles. The summed E-state index contributed by atoms with van der Waals surface area (Å²) in [5.74, 6) is 0. The summed E-state index contributed by atoms with van der Waals surface area (Å²) in [6.07, 6.45) is 2.62. The third-order valence-corrected chi connectivity index (χ3v) is 3.44. The van der Waals surface area contributed by atoms with Gasteiger partial charge in [0.15, 0.2) is 0 Å². The average molecular weight is 185 g/mol. The minimum Gasteiger partial charge on any atom is -0.309 e. The Bertz CT molecular complexity index is 140. The lowest BCUT2D eigenvalue weighted by Crippen LogP contribution is -2.30. The van der Waals surface area contributed by atoms with E-state index in [1.54, 1.807) is 0 Å². The highest BCUT2D eigenvalue weighted by Gasteiger charge is 2.31. The molecule has 0 aromatic carbocycles. The topological polar surface area (TPSA) is 3.24 Å². The van der Waals surface area contributed by atoms with Gasteiger partial charge in [0, 0.05) is 0 Å². The largest absolute Gasteiger partial charge is 0.309 e. The minimum absolute atomic E-state index is 0.416. The molecule has 80 valence electrons. The highest BCUT2D eigenvalue weighted by Crippen LogP contribution is 2.41. The van der Waals surface area contributed by atoms with Crippen molar-refractivity contribution in [2.45, 2.75) is 47.5 Å². The first-order valence-electron chi connectivity index (χ1n) is 5.31. The van der Waals surface area contributed by atoms with Crippen molar-refractivity contribution in [1.29, 1.82) is 0 Å². The van der Waals surface area contributed by atoms with Gasteiger partial charge in [-0.2, -0.15) is 0 Å². The predicted octanol–water partition coefficient (Wildman–Crippen LogP) is 3.40. The Kier molecular flexibility index (Phi) is 4.44. The van der Waals surface area contributed by atoms with Crippen LogP contribution in [-0.4, -0.2) is 25.5 Å². The quantitative estimate of drug-likeness (QED) is 0.649. The van der Waals surface area contributed by atoms with Crippen molar-refractivity contribution < 1.29 is 0 Å². The molecule has 0 unspecified atom stereocenters.